The summed E-state index contributed by atoms with van der Waals surface area (Å²) in [6, 6.07) is -1.04. The van der Waals surface area contributed by atoms with E-state index in [0.29, 0.717) is 18.5 Å². The van der Waals surface area contributed by atoms with E-state index in [1.54, 1.807) is 4.90 Å². The SMILES string of the molecule is CCC(C)C(NC(=O)N1CCC(C)(CC)CC1)C(=O)O. The second-order valence-electron chi connectivity index (χ2n) is 6.30. The fraction of sp³-hybridized carbons (Fsp3) is 0.867. The summed E-state index contributed by atoms with van der Waals surface area (Å²) >= 11 is 0. The first-order valence-corrected chi connectivity index (χ1v) is 7.61. The van der Waals surface area contributed by atoms with Gasteiger partial charge in [-0.05, 0) is 24.2 Å². The Hall–Kier alpha value is -1.26. The third kappa shape index (κ3) is 4.12. The minimum Gasteiger partial charge on any atom is -0.480 e. The first-order chi connectivity index (χ1) is 9.33. The van der Waals surface area contributed by atoms with Gasteiger partial charge in [0.25, 0.3) is 0 Å². The summed E-state index contributed by atoms with van der Waals surface area (Å²) in [7, 11) is 0. The number of likely N-dealkylation sites (tertiary alicyclic amines) is 1. The van der Waals surface area contributed by atoms with Gasteiger partial charge >= 0.3 is 12.0 Å². The summed E-state index contributed by atoms with van der Waals surface area (Å²) in [5, 5.41) is 11.9. The number of piperidine rings is 1. The van der Waals surface area contributed by atoms with E-state index in [4.69, 9.17) is 0 Å². The topological polar surface area (TPSA) is 69.6 Å². The molecule has 20 heavy (non-hydrogen) atoms. The van der Waals surface area contributed by atoms with Gasteiger partial charge in [0, 0.05) is 13.1 Å². The van der Waals surface area contributed by atoms with Crippen molar-refractivity contribution in [1.29, 1.82) is 0 Å². The number of nitrogens with zero attached hydrogens (tertiary/aromatic N) is 1. The van der Waals surface area contributed by atoms with Crippen molar-refractivity contribution in [1.82, 2.24) is 10.2 Å². The summed E-state index contributed by atoms with van der Waals surface area (Å²) in [6.07, 6.45) is 3.81. The van der Waals surface area contributed by atoms with Crippen molar-refractivity contribution in [2.75, 3.05) is 13.1 Å². The van der Waals surface area contributed by atoms with Gasteiger partial charge < -0.3 is 15.3 Å². The molecule has 5 heteroatoms. The number of carboxylic acids is 1. The van der Waals surface area contributed by atoms with E-state index in [1.807, 2.05) is 13.8 Å². The van der Waals surface area contributed by atoms with E-state index in [0.717, 1.165) is 25.7 Å². The predicted molar refractivity (Wildman–Crippen MR) is 78.6 cm³/mol. The Morgan fingerprint density at radius 3 is 2.25 bits per heavy atom. The van der Waals surface area contributed by atoms with E-state index in [2.05, 4.69) is 19.2 Å². The minimum absolute atomic E-state index is 0.0675. The molecule has 2 amide bonds. The summed E-state index contributed by atoms with van der Waals surface area (Å²) in [5.41, 5.74) is 0.319. The van der Waals surface area contributed by atoms with E-state index < -0.39 is 12.0 Å². The van der Waals surface area contributed by atoms with Gasteiger partial charge in [0.15, 0.2) is 0 Å². The van der Waals surface area contributed by atoms with Crippen LogP contribution in [0, 0.1) is 11.3 Å². The molecule has 1 saturated heterocycles. The number of aliphatic carboxylic acids is 1. The molecule has 0 bridgehead atoms. The number of carbonyl (C=O) groups excluding carboxylic acids is 1. The molecular weight excluding hydrogens is 256 g/mol. The Kier molecular flexibility index (Phi) is 5.84. The Labute approximate surface area is 121 Å². The molecule has 1 heterocycles. The molecule has 1 aliphatic rings. The van der Waals surface area contributed by atoms with Crippen molar-refractivity contribution in [3.63, 3.8) is 0 Å². The predicted octanol–water partition coefficient (Wildman–Crippen LogP) is 2.71. The van der Waals surface area contributed by atoms with Crippen molar-refractivity contribution >= 4 is 12.0 Å². The van der Waals surface area contributed by atoms with E-state index in [9.17, 15) is 14.7 Å². The molecule has 0 spiro atoms. The van der Waals surface area contributed by atoms with Gasteiger partial charge in [-0.3, -0.25) is 0 Å². The average Bonchev–Trinajstić information content (AvgIpc) is 2.44. The molecule has 0 aliphatic carbocycles. The molecular formula is C15H28N2O3. The van der Waals surface area contributed by atoms with E-state index in [1.165, 1.54) is 0 Å². The normalized spacial score (nSPS) is 21.1. The molecule has 2 atom stereocenters. The van der Waals surface area contributed by atoms with Crippen molar-refractivity contribution in [3.8, 4) is 0 Å². The second kappa shape index (κ2) is 6.95. The number of carboxylic acid groups (broad SMARTS) is 1. The number of rotatable bonds is 5. The summed E-state index contributed by atoms with van der Waals surface area (Å²) in [5.74, 6) is -1.02. The number of hydrogen-bond acceptors (Lipinski definition) is 2. The highest BCUT2D eigenvalue weighted by atomic mass is 16.4. The monoisotopic (exact) mass is 284 g/mol. The quantitative estimate of drug-likeness (QED) is 0.815. The molecule has 1 aliphatic heterocycles. The maximum atomic E-state index is 12.2. The zero-order valence-electron chi connectivity index (χ0n) is 13.1. The molecule has 0 aromatic heterocycles. The van der Waals surface area contributed by atoms with Gasteiger partial charge in [0.1, 0.15) is 6.04 Å². The highest BCUT2D eigenvalue weighted by Crippen LogP contribution is 2.33. The molecule has 1 rings (SSSR count). The number of nitrogens with one attached hydrogen (secondary N) is 1. The number of amides is 2. The van der Waals surface area contributed by atoms with Crippen LogP contribution in [0.5, 0.6) is 0 Å². The van der Waals surface area contributed by atoms with Crippen molar-refractivity contribution in [2.45, 2.75) is 59.4 Å². The zero-order chi connectivity index (χ0) is 15.3. The molecule has 1 fully saturated rings. The van der Waals surface area contributed by atoms with Crippen LogP contribution in [0.2, 0.25) is 0 Å². The number of urea groups is 1. The number of carbonyl (C=O) groups is 2. The Balaban J connectivity index is 2.56. The van der Waals surface area contributed by atoms with Crippen molar-refractivity contribution in [3.05, 3.63) is 0 Å². The van der Waals surface area contributed by atoms with Crippen LogP contribution < -0.4 is 5.32 Å². The lowest BCUT2D eigenvalue weighted by Gasteiger charge is -2.39. The third-order valence-corrected chi connectivity index (χ3v) is 4.87. The van der Waals surface area contributed by atoms with Gasteiger partial charge in [-0.2, -0.15) is 0 Å². The van der Waals surface area contributed by atoms with Gasteiger partial charge in [-0.25, -0.2) is 9.59 Å². The van der Waals surface area contributed by atoms with Gasteiger partial charge in [0.2, 0.25) is 0 Å². The molecule has 2 N–H and O–H groups in total. The summed E-state index contributed by atoms with van der Waals surface area (Å²) in [6.45, 7) is 9.64. The van der Waals surface area contributed by atoms with E-state index in [-0.39, 0.29) is 11.9 Å². The van der Waals surface area contributed by atoms with Crippen LogP contribution in [0.4, 0.5) is 4.79 Å². The molecule has 2 unspecified atom stereocenters. The Morgan fingerprint density at radius 2 is 1.85 bits per heavy atom. The first-order valence-electron chi connectivity index (χ1n) is 7.61. The Bertz CT molecular complexity index is 349. The van der Waals surface area contributed by atoms with Crippen LogP contribution in [0.15, 0.2) is 0 Å². The van der Waals surface area contributed by atoms with Crippen LogP contribution in [0.3, 0.4) is 0 Å². The first kappa shape index (κ1) is 16.8. The highest BCUT2D eigenvalue weighted by Gasteiger charge is 2.32. The van der Waals surface area contributed by atoms with Crippen LogP contribution in [-0.2, 0) is 4.79 Å². The second-order valence-corrected chi connectivity index (χ2v) is 6.30. The lowest BCUT2D eigenvalue weighted by Crippen LogP contribution is -2.53. The van der Waals surface area contributed by atoms with E-state index >= 15 is 0 Å². The fourth-order valence-corrected chi connectivity index (χ4v) is 2.51. The largest absolute Gasteiger partial charge is 0.480 e. The highest BCUT2D eigenvalue weighted by molar-refractivity contribution is 5.82. The standard InChI is InChI=1S/C15H28N2O3/c1-5-11(3)12(13(18)19)16-14(20)17-9-7-15(4,6-2)8-10-17/h11-12H,5-10H2,1-4H3,(H,16,20)(H,18,19). The lowest BCUT2D eigenvalue weighted by atomic mass is 9.78. The molecule has 0 aromatic carbocycles. The van der Waals surface area contributed by atoms with Crippen molar-refractivity contribution < 1.29 is 14.7 Å². The average molecular weight is 284 g/mol. The van der Waals surface area contributed by atoms with Crippen LogP contribution in [0.25, 0.3) is 0 Å². The lowest BCUT2D eigenvalue weighted by molar-refractivity contribution is -0.140. The minimum atomic E-state index is -0.955. The summed E-state index contributed by atoms with van der Waals surface area (Å²) in [4.78, 5) is 25.2. The van der Waals surface area contributed by atoms with Gasteiger partial charge in [-0.15, -0.1) is 0 Å². The summed E-state index contributed by atoms with van der Waals surface area (Å²) < 4.78 is 0. The third-order valence-electron chi connectivity index (χ3n) is 4.87. The van der Waals surface area contributed by atoms with Gasteiger partial charge in [0.05, 0.1) is 0 Å². The fourth-order valence-electron chi connectivity index (χ4n) is 2.51. The maximum Gasteiger partial charge on any atom is 0.326 e. The molecule has 5 nitrogen and oxygen atoms in total. The zero-order valence-corrected chi connectivity index (χ0v) is 13.1. The number of hydrogen-bond donors (Lipinski definition) is 2. The molecule has 0 saturated carbocycles. The molecule has 116 valence electrons. The smallest absolute Gasteiger partial charge is 0.326 e. The van der Waals surface area contributed by atoms with Crippen LogP contribution in [0.1, 0.15) is 53.4 Å². The van der Waals surface area contributed by atoms with Crippen LogP contribution >= 0.6 is 0 Å². The molecule has 0 aromatic rings. The Morgan fingerprint density at radius 1 is 1.30 bits per heavy atom. The maximum absolute atomic E-state index is 12.2. The molecule has 0 radical (unpaired) electrons. The van der Waals surface area contributed by atoms with Crippen molar-refractivity contribution in [2.24, 2.45) is 11.3 Å². The van der Waals surface area contributed by atoms with Gasteiger partial charge in [-0.1, -0.05) is 40.5 Å². The van der Waals surface area contributed by atoms with Crippen LogP contribution in [-0.4, -0.2) is 41.1 Å².